The topological polar surface area (TPSA) is 545 Å². The highest BCUT2D eigenvalue weighted by atomic mass is 16.5. The third-order valence-electron chi connectivity index (χ3n) is 23.8. The molecule has 8 aliphatic rings. The molecule has 40 heteroatoms. The van der Waals surface area contributed by atoms with Crippen molar-refractivity contribution in [3.63, 3.8) is 0 Å². The summed E-state index contributed by atoms with van der Waals surface area (Å²) in [5.74, 6) is -3.37. The van der Waals surface area contributed by atoms with E-state index >= 15 is 0 Å². The van der Waals surface area contributed by atoms with Gasteiger partial charge in [-0.25, -0.2) is 24.4 Å². The molecule has 8 N–H and O–H groups in total. The van der Waals surface area contributed by atoms with Gasteiger partial charge in [0.2, 0.25) is 23.6 Å². The number of pyridine rings is 4. The van der Waals surface area contributed by atoms with Crippen LogP contribution in [0.3, 0.4) is 0 Å². The van der Waals surface area contributed by atoms with Gasteiger partial charge in [0, 0.05) is 127 Å². The molecule has 0 saturated carbocycles. The van der Waals surface area contributed by atoms with Gasteiger partial charge in [0.15, 0.2) is 27.9 Å². The lowest BCUT2D eigenvalue weighted by molar-refractivity contribution is -0.128. The number of nitrogens with zero attached hydrogens (tertiary/aromatic N) is 10. The van der Waals surface area contributed by atoms with Crippen molar-refractivity contribution in [3.8, 4) is 35.1 Å². The van der Waals surface area contributed by atoms with E-state index < -0.39 is 81.3 Å². The second-order valence-electron chi connectivity index (χ2n) is 31.4. The van der Waals surface area contributed by atoms with Crippen molar-refractivity contribution in [2.45, 2.75) is 74.8 Å². The average Bonchev–Trinajstić information content (AvgIpc) is 1.60. The van der Waals surface area contributed by atoms with Crippen molar-refractivity contribution in [1.82, 2.24) is 76.8 Å². The number of hydrogen-bond donors (Lipinski definition) is 8. The van der Waals surface area contributed by atoms with E-state index in [1.165, 1.54) is 92.0 Å². The fourth-order valence-electron chi connectivity index (χ4n) is 17.1. The highest BCUT2D eigenvalue weighted by Crippen LogP contribution is 2.45. The van der Waals surface area contributed by atoms with Crippen LogP contribution in [0, 0.1) is 36.5 Å². The minimum absolute atomic E-state index is 0.000728. The number of aryl methyl sites for hydroxylation is 2. The number of carbonyl (C=O) groups excluding carboxylic acids is 13. The van der Waals surface area contributed by atoms with E-state index in [2.05, 4.69) is 57.2 Å². The van der Waals surface area contributed by atoms with E-state index in [4.69, 9.17) is 41.9 Å². The van der Waals surface area contributed by atoms with Gasteiger partial charge >= 0.3 is 18.0 Å². The number of nitrogens with one attached hydrogen (secondary N) is 7. The fraction of sp³-hybridized carbons (Fsp3) is 0.236. The summed E-state index contributed by atoms with van der Waals surface area (Å²) in [4.78, 5) is 199. The summed E-state index contributed by atoms with van der Waals surface area (Å²) in [7, 11) is 7.54. The molecule has 4 atom stereocenters. The van der Waals surface area contributed by atoms with Crippen molar-refractivity contribution in [1.29, 1.82) is 10.5 Å². The fourth-order valence-corrected chi connectivity index (χ4v) is 17.1. The first kappa shape index (κ1) is 84.0. The molecule has 4 aromatic carbocycles. The number of hydrogen-bond acceptors (Lipinski definition) is 28. The van der Waals surface area contributed by atoms with E-state index in [1.807, 2.05) is 24.3 Å². The van der Waals surface area contributed by atoms with Crippen LogP contribution in [0.4, 0.5) is 9.59 Å². The highest BCUT2D eigenvalue weighted by Gasteiger charge is 2.58. The Morgan fingerprint density at radius 1 is 0.457 bits per heavy atom. The zero-order valence-corrected chi connectivity index (χ0v) is 69.2. The number of ether oxygens (including phenoxy) is 4. The Hall–Kier alpha value is -17.2. The van der Waals surface area contributed by atoms with E-state index in [0.717, 1.165) is 22.3 Å². The standard InChI is InChI=1S/C23H21N5O6.C22H18N4O7.2C22H16N4O5/c1-11-14-7-17(34-18(14)16(8-25-11)19(29)24-2)23(21(31)26-22(32)27-23)10-28-9-12-4-5-13(33-3)6-15(12)20(28)30;1-10-13-6-16(33-17(13)15(7-23-10)19(28)29)22(20(30)24-21(31)25-22)9-26-8-11-3-4-12(32-2)5-14(11)18(26)27;1-30-15-3-2-12-10-26(20(28)16(12)6-15)11-22(7-19(27)25-21(22)29)18-4-13-9-24-14(8-23)5-17(13)31-18;1-30-13-3-2-12-10-26(20(28)14(12)6-13)11-22(8-19(27)25-21(22)29)18-7-15-16(9-23)24-5-4-17(15)31-18/h4-8H,9-10H2,1-3H3,(H,24,29)(H2,26,27,31,32);3-7H,8-9H2,1-2H3,(H,28,29)(H2,24,25,30,31);2-6,9H,7,10-11H2,1H3,(H,25,27,29);2-7H,8,10-11H2,1H3,(H,25,27,29)/t23-;3*22-/m0011/s1. The van der Waals surface area contributed by atoms with Crippen molar-refractivity contribution in [3.05, 3.63) is 235 Å². The molecule has 0 radical (unpaired) electrons. The molecule has 40 nitrogen and oxygen atoms in total. The average molecular weight is 1750 g/mol. The number of fused-ring (bicyclic) bond motifs is 8. The van der Waals surface area contributed by atoms with E-state index in [0.29, 0.717) is 102 Å². The summed E-state index contributed by atoms with van der Waals surface area (Å²) in [6, 6.07) is 32.6. The van der Waals surface area contributed by atoms with E-state index in [1.54, 1.807) is 98.8 Å². The molecular formula is C89H71N17O23. The van der Waals surface area contributed by atoms with Gasteiger partial charge in [-0.05, 0) is 115 Å². The number of furan rings is 4. The number of aromatic nitrogens is 4. The number of amides is 15. The number of nitriles is 2. The Balaban J connectivity index is 0.000000121. The first-order valence-electron chi connectivity index (χ1n) is 39.5. The Morgan fingerprint density at radius 2 is 0.860 bits per heavy atom. The third kappa shape index (κ3) is 14.4. The molecule has 4 fully saturated rings. The quantitative estimate of drug-likeness (QED) is 0.0359. The predicted octanol–water partition coefficient (Wildman–Crippen LogP) is 6.03. The minimum Gasteiger partial charge on any atom is -0.497 e. The van der Waals surface area contributed by atoms with E-state index in [9.17, 15) is 77.5 Å². The summed E-state index contributed by atoms with van der Waals surface area (Å²) in [6.45, 7) is 3.99. The third-order valence-corrected chi connectivity index (χ3v) is 23.8. The normalized spacial score (nSPS) is 19.8. The second kappa shape index (κ2) is 32.2. The van der Waals surface area contributed by atoms with Crippen LogP contribution in [0.2, 0.25) is 0 Å². The van der Waals surface area contributed by atoms with Gasteiger partial charge in [0.05, 0.1) is 59.8 Å². The van der Waals surface area contributed by atoms with Crippen LogP contribution in [0.25, 0.3) is 43.9 Å². The molecule has 8 aromatic heterocycles. The van der Waals surface area contributed by atoms with Crippen LogP contribution in [-0.2, 0) is 76.9 Å². The number of benzene rings is 4. The van der Waals surface area contributed by atoms with E-state index in [-0.39, 0.29) is 132 Å². The van der Waals surface area contributed by atoms with Crippen LogP contribution < -0.4 is 56.2 Å². The molecule has 16 heterocycles. The van der Waals surface area contributed by atoms with Crippen molar-refractivity contribution < 1.29 is 109 Å². The number of carboxylic acid groups (broad SMARTS) is 1. The summed E-state index contributed by atoms with van der Waals surface area (Å²) in [5.41, 5.74) is 1.28. The summed E-state index contributed by atoms with van der Waals surface area (Å²) in [5, 5.41) is 46.7. The van der Waals surface area contributed by atoms with Gasteiger partial charge < -0.3 is 77.3 Å². The molecule has 0 unspecified atom stereocenters. The SMILES string of the molecule is CNC(=O)c1cnc(C)c2cc([C@]3(CN4Cc5ccc(OC)cc5C4=O)NC(=O)NC3=O)oc12.COc1ccc2c(c1)C(=O)N(C[C@@]1(c3cc4c(C#N)nccc4o3)CC(=O)NC1=O)C2.COc1ccc2c(c1)C(=O)N(C[C@@]1(c3cc4c(C)ncc(C(=O)O)c4o3)NC(=O)NC1=O)C2.COc1ccc2c(c1)C(=O)N(C[C@@]1(c3cc4cnc(C#N)cc4o3)CC(=O)NC1=O)C2. The molecule has 0 bridgehead atoms. The summed E-state index contributed by atoms with van der Waals surface area (Å²) >= 11 is 0. The number of carbonyl (C=O) groups is 14. The first-order chi connectivity index (χ1) is 61.9. The highest BCUT2D eigenvalue weighted by molar-refractivity contribution is 6.14. The number of carboxylic acids is 1. The van der Waals surface area contributed by atoms with Gasteiger partial charge in [-0.15, -0.1) is 0 Å². The van der Waals surface area contributed by atoms with Gasteiger partial charge in [-0.1, -0.05) is 24.3 Å². The molecule has 20 rings (SSSR count). The van der Waals surface area contributed by atoms with Gasteiger partial charge in [-0.2, -0.15) is 10.5 Å². The maximum Gasteiger partial charge on any atom is 0.341 e. The van der Waals surface area contributed by atoms with Crippen LogP contribution in [0.5, 0.6) is 23.0 Å². The van der Waals surface area contributed by atoms with Crippen molar-refractivity contribution in [2.24, 2.45) is 0 Å². The van der Waals surface area contributed by atoms with Crippen LogP contribution in [-0.4, -0.2) is 189 Å². The van der Waals surface area contributed by atoms with Crippen LogP contribution >= 0.6 is 0 Å². The van der Waals surface area contributed by atoms with Crippen molar-refractivity contribution >= 4 is 127 Å². The lowest BCUT2D eigenvalue weighted by Crippen LogP contribution is -2.52. The Bertz CT molecular complexity index is 7070. The molecule has 129 heavy (non-hydrogen) atoms. The van der Waals surface area contributed by atoms with Crippen LogP contribution in [0.1, 0.15) is 143 Å². The number of imide groups is 4. The van der Waals surface area contributed by atoms with Crippen molar-refractivity contribution in [2.75, 3.05) is 61.7 Å². The summed E-state index contributed by atoms with van der Waals surface area (Å²) in [6.07, 6.45) is 5.16. The molecule has 650 valence electrons. The molecular weight excluding hydrogens is 1680 g/mol. The zero-order chi connectivity index (χ0) is 91.2. The lowest BCUT2D eigenvalue weighted by Gasteiger charge is -2.29. The Kier molecular flexibility index (Phi) is 21.0. The van der Waals surface area contributed by atoms with Crippen LogP contribution in [0.15, 0.2) is 152 Å². The van der Waals surface area contributed by atoms with Gasteiger partial charge in [-0.3, -0.25) is 84.0 Å². The van der Waals surface area contributed by atoms with Gasteiger partial charge in [0.25, 0.3) is 41.4 Å². The molecule has 0 aliphatic carbocycles. The number of methoxy groups -OCH3 is 4. The minimum atomic E-state index is -1.75. The lowest BCUT2D eigenvalue weighted by atomic mass is 9.82. The van der Waals surface area contributed by atoms with Gasteiger partial charge in [0.1, 0.15) is 97.0 Å². The second-order valence-corrected chi connectivity index (χ2v) is 31.4. The smallest absolute Gasteiger partial charge is 0.341 e. The number of aromatic carboxylic acids is 1. The first-order valence-corrected chi connectivity index (χ1v) is 39.5. The Labute approximate surface area is 726 Å². The maximum atomic E-state index is 13.2. The largest absolute Gasteiger partial charge is 0.497 e. The monoisotopic (exact) mass is 1750 g/mol. The number of rotatable bonds is 18. The molecule has 4 saturated heterocycles. The summed E-state index contributed by atoms with van der Waals surface area (Å²) < 4.78 is 44.5. The Morgan fingerprint density at radius 3 is 1.24 bits per heavy atom. The molecule has 0 spiro atoms. The maximum absolute atomic E-state index is 13.2. The number of urea groups is 2. The zero-order valence-electron chi connectivity index (χ0n) is 69.2. The molecule has 8 aliphatic heterocycles. The molecule has 15 amide bonds. The molecule has 12 aromatic rings. The predicted molar refractivity (Wildman–Crippen MR) is 442 cm³/mol.